The van der Waals surface area contributed by atoms with Crippen LogP contribution in [0.25, 0.3) is 0 Å². The summed E-state index contributed by atoms with van der Waals surface area (Å²) >= 11 is 6.80. The van der Waals surface area contributed by atoms with Crippen LogP contribution < -0.4 is 11.2 Å². The predicted octanol–water partition coefficient (Wildman–Crippen LogP) is 2.12. The van der Waals surface area contributed by atoms with E-state index in [0.717, 1.165) is 6.42 Å². The fourth-order valence-corrected chi connectivity index (χ4v) is 3.38. The summed E-state index contributed by atoms with van der Waals surface area (Å²) in [5.41, 5.74) is 9.26. The second-order valence-corrected chi connectivity index (χ2v) is 6.09. The van der Waals surface area contributed by atoms with E-state index >= 15 is 0 Å². The van der Waals surface area contributed by atoms with Gasteiger partial charge < -0.3 is 5.73 Å². The molecule has 1 rings (SSSR count). The van der Waals surface area contributed by atoms with Crippen molar-refractivity contribution in [3.63, 3.8) is 0 Å². The molecular formula is C10H19N3S2. The Morgan fingerprint density at radius 1 is 1.67 bits per heavy atom. The molecule has 0 aromatic carbocycles. The van der Waals surface area contributed by atoms with Crippen LogP contribution in [0, 0.1) is 5.92 Å². The monoisotopic (exact) mass is 245 g/mol. The highest BCUT2D eigenvalue weighted by atomic mass is 32.2. The fourth-order valence-electron chi connectivity index (χ4n) is 1.88. The average molecular weight is 245 g/mol. The molecule has 86 valence electrons. The van der Waals surface area contributed by atoms with E-state index in [9.17, 15) is 0 Å². The van der Waals surface area contributed by atoms with E-state index in [4.69, 9.17) is 18.0 Å². The first kappa shape index (κ1) is 12.8. The van der Waals surface area contributed by atoms with Gasteiger partial charge in [0.2, 0.25) is 0 Å². The number of thioether (sulfide) groups is 1. The van der Waals surface area contributed by atoms with Crippen LogP contribution in [0.15, 0.2) is 5.10 Å². The van der Waals surface area contributed by atoms with Crippen molar-refractivity contribution in [1.29, 1.82) is 0 Å². The minimum Gasteiger partial charge on any atom is -0.375 e. The highest BCUT2D eigenvalue weighted by Gasteiger charge is 2.29. The molecule has 0 amide bonds. The molecule has 0 spiro atoms. The molecule has 3 nitrogen and oxygen atoms in total. The van der Waals surface area contributed by atoms with Crippen molar-refractivity contribution >= 4 is 34.8 Å². The molecular weight excluding hydrogens is 226 g/mol. The van der Waals surface area contributed by atoms with Gasteiger partial charge in [0.1, 0.15) is 0 Å². The summed E-state index contributed by atoms with van der Waals surface area (Å²) in [7, 11) is 0. The lowest BCUT2D eigenvalue weighted by Crippen LogP contribution is -2.35. The van der Waals surface area contributed by atoms with Crippen LogP contribution in [0.1, 0.15) is 33.6 Å². The van der Waals surface area contributed by atoms with Crippen molar-refractivity contribution < 1.29 is 0 Å². The summed E-state index contributed by atoms with van der Waals surface area (Å²) in [6.07, 6.45) is 2.21. The summed E-state index contributed by atoms with van der Waals surface area (Å²) in [6.45, 7) is 6.70. The van der Waals surface area contributed by atoms with Gasteiger partial charge in [-0.05, 0) is 25.1 Å². The molecule has 0 unspecified atom stereocenters. The van der Waals surface area contributed by atoms with Crippen molar-refractivity contribution in [3.8, 4) is 0 Å². The number of hydrogen-bond acceptors (Lipinski definition) is 3. The van der Waals surface area contributed by atoms with Crippen LogP contribution in [-0.2, 0) is 0 Å². The Bertz CT molecular complexity index is 265. The lowest BCUT2D eigenvalue weighted by atomic mass is 9.95. The van der Waals surface area contributed by atoms with Crippen LogP contribution in [0.4, 0.5) is 0 Å². The first-order chi connectivity index (χ1) is 7.04. The molecule has 15 heavy (non-hydrogen) atoms. The number of hydrazone groups is 1. The van der Waals surface area contributed by atoms with Gasteiger partial charge in [0.15, 0.2) is 5.11 Å². The van der Waals surface area contributed by atoms with Gasteiger partial charge in [-0.15, -0.1) is 0 Å². The standard InChI is InChI=1S/C10H19N3S2/c1-4-9-7(3)8(5-6(2)15-9)12-13-10(11)14/h6-7,9H,4-5H2,1-3H3,(H3,11,13,14)/b12-8-/t6-,7+,9+/m0/s1. The number of nitrogens with zero attached hydrogens (tertiary/aromatic N) is 1. The normalized spacial score (nSPS) is 34.1. The first-order valence-electron chi connectivity index (χ1n) is 5.32. The molecule has 1 saturated heterocycles. The Balaban J connectivity index is 2.69. The van der Waals surface area contributed by atoms with Gasteiger partial charge in [0, 0.05) is 22.1 Å². The van der Waals surface area contributed by atoms with Crippen molar-refractivity contribution in [2.45, 2.75) is 44.1 Å². The Kier molecular flexibility index (Phi) is 4.86. The highest BCUT2D eigenvalue weighted by molar-refractivity contribution is 8.00. The Labute approximate surface area is 101 Å². The smallest absolute Gasteiger partial charge is 0.184 e. The van der Waals surface area contributed by atoms with E-state index < -0.39 is 0 Å². The van der Waals surface area contributed by atoms with Gasteiger partial charge in [-0.25, -0.2) is 0 Å². The Hall–Kier alpha value is -0.290. The third-order valence-corrected chi connectivity index (χ3v) is 4.51. The molecule has 0 saturated carbocycles. The van der Waals surface area contributed by atoms with Crippen LogP contribution >= 0.6 is 24.0 Å². The molecule has 0 aliphatic carbocycles. The largest absolute Gasteiger partial charge is 0.375 e. The van der Waals surface area contributed by atoms with E-state index in [0.29, 0.717) is 16.4 Å². The van der Waals surface area contributed by atoms with Crippen molar-refractivity contribution in [1.82, 2.24) is 5.43 Å². The second-order valence-electron chi connectivity index (χ2n) is 3.97. The van der Waals surface area contributed by atoms with Crippen molar-refractivity contribution in [3.05, 3.63) is 0 Å². The van der Waals surface area contributed by atoms with E-state index in [1.165, 1.54) is 12.1 Å². The minimum atomic E-state index is 0.244. The fraction of sp³-hybridized carbons (Fsp3) is 0.800. The third-order valence-electron chi connectivity index (χ3n) is 2.70. The zero-order chi connectivity index (χ0) is 11.4. The van der Waals surface area contributed by atoms with Gasteiger partial charge in [0.25, 0.3) is 0 Å². The minimum absolute atomic E-state index is 0.244. The van der Waals surface area contributed by atoms with Gasteiger partial charge in [-0.1, -0.05) is 20.8 Å². The maximum atomic E-state index is 5.36. The van der Waals surface area contributed by atoms with Crippen LogP contribution in [0.3, 0.4) is 0 Å². The number of rotatable bonds is 2. The summed E-state index contributed by atoms with van der Waals surface area (Å²) in [6, 6.07) is 0. The number of nitrogens with one attached hydrogen (secondary N) is 1. The summed E-state index contributed by atoms with van der Waals surface area (Å²) in [5, 5.41) is 5.85. The third kappa shape index (κ3) is 3.65. The molecule has 3 atom stereocenters. The van der Waals surface area contributed by atoms with Crippen LogP contribution in [0.2, 0.25) is 0 Å². The van der Waals surface area contributed by atoms with Gasteiger partial charge >= 0.3 is 0 Å². The van der Waals surface area contributed by atoms with Gasteiger partial charge in [-0.2, -0.15) is 16.9 Å². The molecule has 5 heteroatoms. The quantitative estimate of drug-likeness (QED) is 0.578. The Morgan fingerprint density at radius 3 is 2.87 bits per heavy atom. The molecule has 0 aromatic heterocycles. The van der Waals surface area contributed by atoms with Crippen LogP contribution in [0.5, 0.6) is 0 Å². The predicted molar refractivity (Wildman–Crippen MR) is 72.3 cm³/mol. The second kappa shape index (κ2) is 5.70. The lowest BCUT2D eigenvalue weighted by molar-refractivity contribution is 0.645. The van der Waals surface area contributed by atoms with Crippen molar-refractivity contribution in [2.75, 3.05) is 0 Å². The molecule has 1 aliphatic heterocycles. The topological polar surface area (TPSA) is 50.4 Å². The maximum Gasteiger partial charge on any atom is 0.184 e. The first-order valence-corrected chi connectivity index (χ1v) is 6.67. The maximum absolute atomic E-state index is 5.36. The summed E-state index contributed by atoms with van der Waals surface area (Å²) in [5.74, 6) is 0.512. The summed E-state index contributed by atoms with van der Waals surface area (Å²) in [4.78, 5) is 0. The van der Waals surface area contributed by atoms with Gasteiger partial charge in [0.05, 0.1) is 0 Å². The summed E-state index contributed by atoms with van der Waals surface area (Å²) < 4.78 is 0. The Morgan fingerprint density at radius 2 is 2.33 bits per heavy atom. The van der Waals surface area contributed by atoms with E-state index in [-0.39, 0.29) is 5.11 Å². The van der Waals surface area contributed by atoms with Crippen LogP contribution in [-0.4, -0.2) is 21.3 Å². The van der Waals surface area contributed by atoms with E-state index in [1.807, 2.05) is 0 Å². The molecule has 3 N–H and O–H groups in total. The molecule has 1 aliphatic rings. The SMILES string of the molecule is CC[C@H]1S[C@@H](C)C/C(=N/NC(N)=S)[C@H]1C. The number of nitrogens with two attached hydrogens (primary N) is 1. The molecule has 1 heterocycles. The van der Waals surface area contributed by atoms with Crippen molar-refractivity contribution in [2.24, 2.45) is 16.8 Å². The zero-order valence-electron chi connectivity index (χ0n) is 9.49. The molecule has 1 fully saturated rings. The average Bonchev–Trinajstić information content (AvgIpc) is 2.18. The molecule has 0 radical (unpaired) electrons. The zero-order valence-corrected chi connectivity index (χ0v) is 11.1. The number of hydrogen-bond donors (Lipinski definition) is 2. The highest BCUT2D eigenvalue weighted by Crippen LogP contribution is 2.35. The number of thiocarbonyl (C=S) groups is 1. The van der Waals surface area contributed by atoms with E-state index in [2.05, 4.69) is 43.1 Å². The lowest BCUT2D eigenvalue weighted by Gasteiger charge is -2.32. The van der Waals surface area contributed by atoms with E-state index in [1.54, 1.807) is 0 Å². The van der Waals surface area contributed by atoms with Gasteiger partial charge in [-0.3, -0.25) is 5.43 Å². The molecule has 0 aromatic rings. The molecule has 0 bridgehead atoms.